The van der Waals surface area contributed by atoms with E-state index in [2.05, 4.69) is 40.5 Å². The molecule has 1 aliphatic rings. The van der Waals surface area contributed by atoms with Crippen LogP contribution in [0.5, 0.6) is 0 Å². The molecule has 0 bridgehead atoms. The highest BCUT2D eigenvalue weighted by Crippen LogP contribution is 2.26. The van der Waals surface area contributed by atoms with Crippen molar-refractivity contribution in [2.24, 2.45) is 5.73 Å². The van der Waals surface area contributed by atoms with Gasteiger partial charge in [-0.1, -0.05) is 30.3 Å². The van der Waals surface area contributed by atoms with Crippen molar-refractivity contribution in [1.82, 2.24) is 10.2 Å². The zero-order chi connectivity index (χ0) is 13.5. The van der Waals surface area contributed by atoms with Gasteiger partial charge in [0.1, 0.15) is 0 Å². The molecular formula is C15H25N3O. The van der Waals surface area contributed by atoms with Crippen molar-refractivity contribution in [3.8, 4) is 0 Å². The van der Waals surface area contributed by atoms with Gasteiger partial charge in [0.15, 0.2) is 0 Å². The molecule has 0 amide bonds. The summed E-state index contributed by atoms with van der Waals surface area (Å²) in [7, 11) is 0. The van der Waals surface area contributed by atoms with Gasteiger partial charge in [-0.3, -0.25) is 4.90 Å². The molecule has 0 spiro atoms. The lowest BCUT2D eigenvalue weighted by molar-refractivity contribution is 0.169. The van der Waals surface area contributed by atoms with Gasteiger partial charge >= 0.3 is 0 Å². The SMILES string of the molecule is NCCN1CC(NCCO)CC(c2ccccc2)C1. The molecule has 19 heavy (non-hydrogen) atoms. The molecule has 2 unspecified atom stereocenters. The second kappa shape index (κ2) is 7.60. The number of hydrogen-bond acceptors (Lipinski definition) is 4. The number of aliphatic hydroxyl groups is 1. The Hall–Kier alpha value is -0.940. The first-order valence-electron chi connectivity index (χ1n) is 7.15. The second-order valence-corrected chi connectivity index (χ2v) is 5.27. The minimum atomic E-state index is 0.198. The first-order valence-corrected chi connectivity index (χ1v) is 7.15. The quantitative estimate of drug-likeness (QED) is 0.694. The Morgan fingerprint density at radius 2 is 2.05 bits per heavy atom. The van der Waals surface area contributed by atoms with Gasteiger partial charge in [0.2, 0.25) is 0 Å². The van der Waals surface area contributed by atoms with Gasteiger partial charge < -0.3 is 16.2 Å². The summed E-state index contributed by atoms with van der Waals surface area (Å²) in [4.78, 5) is 2.43. The lowest BCUT2D eigenvalue weighted by Gasteiger charge is -2.38. The van der Waals surface area contributed by atoms with Crippen LogP contribution in [-0.4, -0.2) is 55.4 Å². The largest absolute Gasteiger partial charge is 0.395 e. The summed E-state index contributed by atoms with van der Waals surface area (Å²) < 4.78 is 0. The molecule has 0 saturated carbocycles. The van der Waals surface area contributed by atoms with Gasteiger partial charge in [0.25, 0.3) is 0 Å². The third-order valence-corrected chi connectivity index (χ3v) is 3.79. The van der Waals surface area contributed by atoms with Gasteiger partial charge in [-0.05, 0) is 17.9 Å². The van der Waals surface area contributed by atoms with Gasteiger partial charge in [-0.2, -0.15) is 0 Å². The van der Waals surface area contributed by atoms with Crippen LogP contribution in [-0.2, 0) is 0 Å². The molecular weight excluding hydrogens is 238 g/mol. The molecule has 0 aliphatic carbocycles. The predicted molar refractivity (Wildman–Crippen MR) is 78.2 cm³/mol. The summed E-state index contributed by atoms with van der Waals surface area (Å²) in [6, 6.07) is 11.1. The van der Waals surface area contributed by atoms with E-state index >= 15 is 0 Å². The van der Waals surface area contributed by atoms with E-state index in [1.165, 1.54) is 5.56 Å². The van der Waals surface area contributed by atoms with Crippen LogP contribution < -0.4 is 11.1 Å². The standard InChI is InChI=1S/C15H25N3O/c16-6-8-18-11-14(13-4-2-1-3-5-13)10-15(12-18)17-7-9-19/h1-5,14-15,17,19H,6-12,16H2. The Labute approximate surface area is 115 Å². The zero-order valence-electron chi connectivity index (χ0n) is 11.5. The van der Waals surface area contributed by atoms with E-state index in [1.54, 1.807) is 0 Å². The van der Waals surface area contributed by atoms with Crippen LogP contribution in [0.4, 0.5) is 0 Å². The fourth-order valence-corrected chi connectivity index (χ4v) is 2.94. The van der Waals surface area contributed by atoms with Crippen LogP contribution >= 0.6 is 0 Å². The fourth-order valence-electron chi connectivity index (χ4n) is 2.94. The molecule has 0 aromatic heterocycles. The zero-order valence-corrected chi connectivity index (χ0v) is 11.5. The summed E-state index contributed by atoms with van der Waals surface area (Å²) in [6.07, 6.45) is 1.13. The molecule has 4 N–H and O–H groups in total. The summed E-state index contributed by atoms with van der Waals surface area (Å²) in [5, 5.41) is 12.4. The molecule has 1 fully saturated rings. The first kappa shape index (κ1) is 14.5. The fraction of sp³-hybridized carbons (Fsp3) is 0.600. The summed E-state index contributed by atoms with van der Waals surface area (Å²) in [5.41, 5.74) is 7.09. The summed E-state index contributed by atoms with van der Waals surface area (Å²) in [6.45, 7) is 4.62. The van der Waals surface area contributed by atoms with Gasteiger partial charge in [0, 0.05) is 38.8 Å². The molecule has 1 aliphatic heterocycles. The van der Waals surface area contributed by atoms with Crippen molar-refractivity contribution in [2.75, 3.05) is 39.3 Å². The van der Waals surface area contributed by atoms with Crippen molar-refractivity contribution in [2.45, 2.75) is 18.4 Å². The second-order valence-electron chi connectivity index (χ2n) is 5.27. The van der Waals surface area contributed by atoms with E-state index in [4.69, 9.17) is 10.8 Å². The topological polar surface area (TPSA) is 61.5 Å². The molecule has 106 valence electrons. The Bertz CT molecular complexity index is 358. The number of piperidine rings is 1. The van der Waals surface area contributed by atoms with Gasteiger partial charge in [0.05, 0.1) is 6.61 Å². The maximum atomic E-state index is 8.95. The van der Waals surface area contributed by atoms with E-state index in [1.807, 2.05) is 0 Å². The first-order chi connectivity index (χ1) is 9.33. The molecule has 1 aromatic rings. The van der Waals surface area contributed by atoms with E-state index in [0.717, 1.165) is 26.1 Å². The van der Waals surface area contributed by atoms with Crippen LogP contribution in [0.25, 0.3) is 0 Å². The third-order valence-electron chi connectivity index (χ3n) is 3.79. The number of nitrogens with zero attached hydrogens (tertiary/aromatic N) is 1. The van der Waals surface area contributed by atoms with E-state index in [9.17, 15) is 0 Å². The van der Waals surface area contributed by atoms with Crippen LogP contribution in [0.3, 0.4) is 0 Å². The highest BCUT2D eigenvalue weighted by atomic mass is 16.3. The van der Waals surface area contributed by atoms with Crippen molar-refractivity contribution in [1.29, 1.82) is 0 Å². The summed E-state index contributed by atoms with van der Waals surface area (Å²) in [5.74, 6) is 0.553. The van der Waals surface area contributed by atoms with Crippen LogP contribution in [0.2, 0.25) is 0 Å². The third kappa shape index (κ3) is 4.28. The minimum absolute atomic E-state index is 0.198. The number of benzene rings is 1. The van der Waals surface area contributed by atoms with Gasteiger partial charge in [-0.25, -0.2) is 0 Å². The number of nitrogens with two attached hydrogens (primary N) is 1. The molecule has 2 rings (SSSR count). The average molecular weight is 263 g/mol. The van der Waals surface area contributed by atoms with Crippen LogP contribution in [0, 0.1) is 0 Å². The van der Waals surface area contributed by atoms with Crippen molar-refractivity contribution in [3.05, 3.63) is 35.9 Å². The highest BCUT2D eigenvalue weighted by molar-refractivity contribution is 5.21. The Balaban J connectivity index is 2.01. The summed E-state index contributed by atoms with van der Waals surface area (Å²) >= 11 is 0. The molecule has 0 radical (unpaired) electrons. The molecule has 2 atom stereocenters. The Morgan fingerprint density at radius 1 is 1.26 bits per heavy atom. The number of hydrogen-bond donors (Lipinski definition) is 3. The number of nitrogens with one attached hydrogen (secondary N) is 1. The van der Waals surface area contributed by atoms with E-state index < -0.39 is 0 Å². The monoisotopic (exact) mass is 263 g/mol. The maximum absolute atomic E-state index is 8.95. The Kier molecular flexibility index (Phi) is 5.79. The highest BCUT2D eigenvalue weighted by Gasteiger charge is 2.27. The minimum Gasteiger partial charge on any atom is -0.395 e. The molecule has 1 aromatic carbocycles. The number of likely N-dealkylation sites (tertiary alicyclic amines) is 1. The van der Waals surface area contributed by atoms with Crippen molar-refractivity contribution < 1.29 is 5.11 Å². The lowest BCUT2D eigenvalue weighted by Crippen LogP contribution is -2.50. The number of rotatable bonds is 6. The molecule has 4 heteroatoms. The van der Waals surface area contributed by atoms with Crippen LogP contribution in [0.15, 0.2) is 30.3 Å². The van der Waals surface area contributed by atoms with Gasteiger partial charge in [-0.15, -0.1) is 0 Å². The number of aliphatic hydroxyl groups excluding tert-OH is 1. The van der Waals surface area contributed by atoms with E-state index in [0.29, 0.717) is 25.0 Å². The Morgan fingerprint density at radius 3 is 2.74 bits per heavy atom. The molecule has 1 saturated heterocycles. The van der Waals surface area contributed by atoms with E-state index in [-0.39, 0.29) is 6.61 Å². The predicted octanol–water partition coefficient (Wildman–Crippen LogP) is 0.385. The normalized spacial score (nSPS) is 24.5. The van der Waals surface area contributed by atoms with Crippen LogP contribution in [0.1, 0.15) is 17.9 Å². The smallest absolute Gasteiger partial charge is 0.0556 e. The molecule has 4 nitrogen and oxygen atoms in total. The molecule has 1 heterocycles. The maximum Gasteiger partial charge on any atom is 0.0556 e. The van der Waals surface area contributed by atoms with Crippen molar-refractivity contribution in [3.63, 3.8) is 0 Å². The van der Waals surface area contributed by atoms with Crippen molar-refractivity contribution >= 4 is 0 Å². The average Bonchev–Trinajstić information content (AvgIpc) is 2.46. The lowest BCUT2D eigenvalue weighted by atomic mass is 9.88.